The fourth-order valence-electron chi connectivity index (χ4n) is 2.97. The van der Waals surface area contributed by atoms with Crippen LogP contribution in [-0.4, -0.2) is 28.0 Å². The van der Waals surface area contributed by atoms with Gasteiger partial charge < -0.3 is 0 Å². The summed E-state index contributed by atoms with van der Waals surface area (Å²) in [6, 6.07) is 8.01. The fourth-order valence-corrected chi connectivity index (χ4v) is 3.55. The van der Waals surface area contributed by atoms with E-state index in [0.717, 1.165) is 45.7 Å². The molecule has 0 aromatic heterocycles. The molecule has 121 valence electrons. The summed E-state index contributed by atoms with van der Waals surface area (Å²) >= 11 is 2.58. The van der Waals surface area contributed by atoms with Crippen LogP contribution in [0, 0.1) is 0 Å². The average Bonchev–Trinajstić information content (AvgIpc) is 2.85. The quantitative estimate of drug-likeness (QED) is 0.856. The van der Waals surface area contributed by atoms with Gasteiger partial charge in [-0.3, -0.25) is 0 Å². The molecule has 2 aliphatic rings. The third-order valence-electron chi connectivity index (χ3n) is 3.95. The topological polar surface area (TPSA) is 48.9 Å². The first kappa shape index (κ1) is 16.2. The summed E-state index contributed by atoms with van der Waals surface area (Å²) in [6.45, 7) is 6.93. The molecule has 3 rings (SSSR count). The summed E-state index contributed by atoms with van der Waals surface area (Å²) in [5.41, 5.74) is 6.75. The summed E-state index contributed by atoms with van der Waals surface area (Å²) in [7, 11) is 0. The van der Waals surface area contributed by atoms with Gasteiger partial charge in [0.05, 0.1) is 0 Å². The van der Waals surface area contributed by atoms with E-state index in [9.17, 15) is 0 Å². The van der Waals surface area contributed by atoms with Crippen LogP contribution < -0.4 is 15.5 Å². The molecule has 0 saturated carbocycles. The normalized spacial score (nSPS) is 19.9. The van der Waals surface area contributed by atoms with Gasteiger partial charge in [-0.25, -0.2) is 0 Å². The van der Waals surface area contributed by atoms with Crippen LogP contribution in [0.25, 0.3) is 0 Å². The van der Waals surface area contributed by atoms with Gasteiger partial charge in [-0.05, 0) is 0 Å². The van der Waals surface area contributed by atoms with E-state index >= 15 is 0 Å². The zero-order valence-electron chi connectivity index (χ0n) is 13.8. The third-order valence-corrected chi connectivity index (χ3v) is 4.44. The van der Waals surface area contributed by atoms with Crippen LogP contribution in [-0.2, 0) is 17.0 Å². The van der Waals surface area contributed by atoms with Crippen LogP contribution in [0.1, 0.15) is 39.2 Å². The molecule has 2 N–H and O–H groups in total. The molecule has 23 heavy (non-hydrogen) atoms. The van der Waals surface area contributed by atoms with Gasteiger partial charge >= 0.3 is 146 Å². The number of hydrogen-bond donors (Lipinski definition) is 2. The van der Waals surface area contributed by atoms with Gasteiger partial charge in [0.1, 0.15) is 0 Å². The number of nitrogens with one attached hydrogen (secondary N) is 2. The van der Waals surface area contributed by atoms with Gasteiger partial charge in [-0.1, -0.05) is 0 Å². The molecule has 1 aromatic rings. The Bertz CT molecular complexity index is 683. The molecule has 0 saturated heterocycles. The molecule has 0 radical (unpaired) electrons. The minimum atomic E-state index is 0.249. The predicted octanol–water partition coefficient (Wildman–Crippen LogP) is 2.29. The number of ether oxygens (including phenoxy) is 1. The van der Waals surface area contributed by atoms with Crippen molar-refractivity contribution in [3.8, 4) is 5.75 Å². The number of amidine groups is 1. The Balaban J connectivity index is 1.96. The van der Waals surface area contributed by atoms with Crippen LogP contribution in [0.4, 0.5) is 0 Å². The van der Waals surface area contributed by atoms with E-state index in [1.165, 1.54) is 0 Å². The number of para-hydroxylation sites is 1. The molecule has 6 heteroatoms. The number of hydrazine groups is 1. The van der Waals surface area contributed by atoms with Crippen LogP contribution in [0.5, 0.6) is 5.75 Å². The predicted molar refractivity (Wildman–Crippen MR) is 88.7 cm³/mol. The van der Waals surface area contributed by atoms with E-state index < -0.39 is 0 Å². The zero-order chi connectivity index (χ0) is 16.4. The van der Waals surface area contributed by atoms with E-state index in [0.29, 0.717) is 6.61 Å². The molecule has 0 bridgehead atoms. The molecule has 1 aromatic carbocycles. The molecule has 1 atom stereocenters. The van der Waals surface area contributed by atoms with Crippen molar-refractivity contribution in [3.05, 3.63) is 41.2 Å². The van der Waals surface area contributed by atoms with Crippen molar-refractivity contribution in [1.29, 1.82) is 0 Å². The van der Waals surface area contributed by atoms with Gasteiger partial charge in [-0.15, -0.1) is 0 Å². The Morgan fingerprint density at radius 1 is 1.30 bits per heavy atom. The Kier molecular flexibility index (Phi) is 4.78. The van der Waals surface area contributed by atoms with Gasteiger partial charge in [0, 0.05) is 0 Å². The average molecular weight is 349 g/mol. The second-order valence-corrected chi connectivity index (χ2v) is 6.28. The SMILES string of the molecule is CCCC1NC(C)=C2[C](=[V])N=C(c3ccccc3OCC)NN21. The van der Waals surface area contributed by atoms with Gasteiger partial charge in [0.2, 0.25) is 0 Å². The summed E-state index contributed by atoms with van der Waals surface area (Å²) in [6.07, 6.45) is 2.43. The molecule has 0 amide bonds. The number of fused-ring (bicyclic) bond motifs is 1. The standard InChI is InChI=1S/C17H22N4O.V/c1-4-8-16-19-12(3)14-11-18-17(20-21(14)16)13-9-6-7-10-15(13)22-5-2;/h6-7,9-10,16,19-20H,4-5,8H2,1-3H3;. The third kappa shape index (κ3) is 3.03. The van der Waals surface area contributed by atoms with E-state index in [1.807, 2.05) is 31.2 Å². The van der Waals surface area contributed by atoms with E-state index in [-0.39, 0.29) is 6.17 Å². The first-order valence-corrected chi connectivity index (χ1v) is 8.76. The molecule has 0 fully saturated rings. The van der Waals surface area contributed by atoms with Crippen molar-refractivity contribution in [2.24, 2.45) is 4.99 Å². The molecule has 0 aliphatic carbocycles. The van der Waals surface area contributed by atoms with Crippen LogP contribution >= 0.6 is 0 Å². The Morgan fingerprint density at radius 2 is 2.09 bits per heavy atom. The molecular weight excluding hydrogens is 327 g/mol. The first-order valence-electron chi connectivity index (χ1n) is 8.06. The Labute approximate surface area is 146 Å². The Hall–Kier alpha value is -1.72. The molecule has 5 nitrogen and oxygen atoms in total. The number of hydrogen-bond acceptors (Lipinski definition) is 5. The number of allylic oxidation sites excluding steroid dienone is 1. The van der Waals surface area contributed by atoms with E-state index in [1.54, 1.807) is 0 Å². The van der Waals surface area contributed by atoms with Crippen molar-refractivity contribution >= 4 is 10.2 Å². The monoisotopic (exact) mass is 349 g/mol. The zero-order valence-corrected chi connectivity index (χ0v) is 15.2. The van der Waals surface area contributed by atoms with Crippen molar-refractivity contribution in [3.63, 3.8) is 0 Å². The summed E-state index contributed by atoms with van der Waals surface area (Å²) in [4.78, 5) is 4.76. The summed E-state index contributed by atoms with van der Waals surface area (Å²) < 4.78 is 6.71. The van der Waals surface area contributed by atoms with Gasteiger partial charge in [-0.2, -0.15) is 0 Å². The first-order chi connectivity index (χ1) is 11.2. The number of nitrogens with zero attached hydrogens (tertiary/aromatic N) is 2. The van der Waals surface area contributed by atoms with Crippen molar-refractivity contribution < 1.29 is 21.7 Å². The van der Waals surface area contributed by atoms with Gasteiger partial charge in [0.25, 0.3) is 0 Å². The van der Waals surface area contributed by atoms with Crippen molar-refractivity contribution in [2.75, 3.05) is 6.61 Å². The molecular formula is C17H22N4OV. The van der Waals surface area contributed by atoms with E-state index in [2.05, 4.69) is 46.6 Å². The molecule has 2 heterocycles. The molecule has 0 spiro atoms. The van der Waals surface area contributed by atoms with Crippen molar-refractivity contribution in [1.82, 2.24) is 15.8 Å². The van der Waals surface area contributed by atoms with Crippen LogP contribution in [0.15, 0.2) is 40.7 Å². The maximum atomic E-state index is 5.75. The van der Waals surface area contributed by atoms with Crippen LogP contribution in [0.2, 0.25) is 0 Å². The number of aliphatic imine (C=N–C) groups is 1. The second-order valence-electron chi connectivity index (χ2n) is 5.62. The minimum absolute atomic E-state index is 0.249. The molecule has 2 aliphatic heterocycles. The number of benzene rings is 1. The van der Waals surface area contributed by atoms with Gasteiger partial charge in [0.15, 0.2) is 0 Å². The fraction of sp³-hybridized carbons (Fsp3) is 0.412. The summed E-state index contributed by atoms with van der Waals surface area (Å²) in [5.74, 6) is 1.68. The van der Waals surface area contributed by atoms with Crippen molar-refractivity contribution in [2.45, 2.75) is 39.8 Å². The maximum absolute atomic E-state index is 5.75. The Morgan fingerprint density at radius 3 is 2.83 bits per heavy atom. The number of rotatable bonds is 5. The van der Waals surface area contributed by atoms with Crippen LogP contribution in [0.3, 0.4) is 0 Å². The molecule has 1 unspecified atom stereocenters. The second kappa shape index (κ2) is 6.81. The summed E-state index contributed by atoms with van der Waals surface area (Å²) in [5, 5.41) is 5.74. The van der Waals surface area contributed by atoms with E-state index in [4.69, 9.17) is 9.73 Å².